The lowest BCUT2D eigenvalue weighted by Crippen LogP contribution is -2.60. The number of nitrogens with zero attached hydrogens (tertiary/aromatic N) is 1. The molecule has 0 aliphatic carbocycles. The molecule has 0 saturated heterocycles. The number of guanidine groups is 2. The van der Waals surface area contributed by atoms with Gasteiger partial charge in [-0.15, -0.1) is 0 Å². The second-order valence-corrected chi connectivity index (χ2v) is 14.5. The fourth-order valence-corrected chi connectivity index (χ4v) is 5.78. The third kappa shape index (κ3) is 24.4. The largest absolute Gasteiger partial charge is 0.394 e. The van der Waals surface area contributed by atoms with Crippen molar-refractivity contribution >= 4 is 23.7 Å². The Bertz CT molecular complexity index is 1190. The Kier molecular flexibility index (Phi) is 30.9. The molecule has 25 heteroatoms. The highest BCUT2D eigenvalue weighted by atomic mass is 16.5. The molecule has 0 aromatic carbocycles. The summed E-state index contributed by atoms with van der Waals surface area (Å²) in [6.07, 6.45) is -11.3. The number of unbranched alkanes of at least 4 members (excludes halogenated alkanes) is 2. The summed E-state index contributed by atoms with van der Waals surface area (Å²) >= 11 is 0. The normalized spacial score (nSPS) is 17.3. The zero-order valence-electron chi connectivity index (χ0n) is 34.6. The molecule has 25 nitrogen and oxygen atoms in total. The number of nitrogens with one attached hydrogen (secondary N) is 8. The van der Waals surface area contributed by atoms with Gasteiger partial charge in [-0.1, -0.05) is 0 Å². The molecule has 23 N–H and O–H groups in total. The topological polar surface area (TPSA) is 441 Å². The number of amides is 2. The molecular formula is C35H75N11O14. The van der Waals surface area contributed by atoms with E-state index in [0.717, 1.165) is 0 Å². The predicted octanol–water partition coefficient (Wildman–Crippen LogP) is -8.64. The van der Waals surface area contributed by atoms with E-state index >= 15 is 0 Å². The SMILES string of the molecule is COCCN(CCCNC(=O)[C@H](CCCCNC(=N)N)NC[C@H](O)[C@@H](O)[C@H](O)[C@H](O)CO)CCCNC(=O)C(O)(CCCCNC(=N)N)NC[C@H](O)[C@@H](O)[C@H](O)[C@H](O)CO. The monoisotopic (exact) mass is 874 g/mol. The predicted molar refractivity (Wildman–Crippen MR) is 218 cm³/mol. The first-order valence-corrected chi connectivity index (χ1v) is 20.1. The highest BCUT2D eigenvalue weighted by Gasteiger charge is 2.38. The first kappa shape index (κ1) is 56.9. The lowest BCUT2D eigenvalue weighted by atomic mass is 10.0. The molecule has 10 atom stereocenters. The van der Waals surface area contributed by atoms with Gasteiger partial charge in [-0.05, 0) is 64.5 Å². The Morgan fingerprint density at radius 2 is 1.12 bits per heavy atom. The Hall–Kier alpha value is -3.12. The van der Waals surface area contributed by atoms with Crippen LogP contribution in [0.25, 0.3) is 0 Å². The van der Waals surface area contributed by atoms with E-state index in [4.69, 9.17) is 37.2 Å². The van der Waals surface area contributed by atoms with Gasteiger partial charge in [0.25, 0.3) is 5.91 Å². The number of rotatable bonds is 37. The van der Waals surface area contributed by atoms with Crippen LogP contribution in [0.4, 0.5) is 0 Å². The highest BCUT2D eigenvalue weighted by Crippen LogP contribution is 2.14. The van der Waals surface area contributed by atoms with Crippen molar-refractivity contribution in [2.24, 2.45) is 11.5 Å². The van der Waals surface area contributed by atoms with E-state index in [-0.39, 0.29) is 44.4 Å². The molecule has 354 valence electrons. The number of carbonyl (C=O) groups is 2. The quantitative estimate of drug-likeness (QED) is 0.0119. The van der Waals surface area contributed by atoms with Gasteiger partial charge in [0.2, 0.25) is 5.91 Å². The van der Waals surface area contributed by atoms with E-state index in [1.54, 1.807) is 7.11 Å². The molecular weight excluding hydrogens is 798 g/mol. The van der Waals surface area contributed by atoms with Crippen molar-refractivity contribution in [3.05, 3.63) is 0 Å². The molecule has 0 aliphatic heterocycles. The van der Waals surface area contributed by atoms with E-state index < -0.39 is 92.2 Å². The molecule has 60 heavy (non-hydrogen) atoms. The third-order valence-corrected chi connectivity index (χ3v) is 9.53. The van der Waals surface area contributed by atoms with Crippen LogP contribution in [0.3, 0.4) is 0 Å². The van der Waals surface area contributed by atoms with Crippen LogP contribution >= 0.6 is 0 Å². The van der Waals surface area contributed by atoms with Gasteiger partial charge in [0.05, 0.1) is 38.1 Å². The summed E-state index contributed by atoms with van der Waals surface area (Å²) in [5.41, 5.74) is 8.37. The second kappa shape index (κ2) is 32.6. The van der Waals surface area contributed by atoms with Crippen LogP contribution < -0.4 is 43.4 Å². The first-order chi connectivity index (χ1) is 28.3. The van der Waals surface area contributed by atoms with Gasteiger partial charge in [0.1, 0.15) is 36.6 Å². The smallest absolute Gasteiger partial charge is 0.267 e. The van der Waals surface area contributed by atoms with Gasteiger partial charge in [0.15, 0.2) is 17.6 Å². The summed E-state index contributed by atoms with van der Waals surface area (Å²) in [4.78, 5) is 28.5. The summed E-state index contributed by atoms with van der Waals surface area (Å²) in [5.74, 6) is -1.66. The third-order valence-electron chi connectivity index (χ3n) is 9.53. The van der Waals surface area contributed by atoms with Crippen LogP contribution in [0, 0.1) is 10.8 Å². The van der Waals surface area contributed by atoms with Crippen molar-refractivity contribution in [3.63, 3.8) is 0 Å². The standard InChI is InChI=1S/C35H75N11O14/c1-60-17-16-46(14-6-12-40-31(57)22(8-2-4-10-42-33(36)37)44-18-23(49)27(53)29(55)25(51)20-47)15-7-13-41-32(58)35(59,9-3-5-11-43-34(38)39)45-19-24(50)28(54)30(56)26(52)21-48/h22-30,44-45,47-56,59H,2-21H2,1H3,(H,40,57)(H,41,58)(H4,36,37,42)(H4,38,39,43)/t22-,23-,24-,25+,26+,27+,28+,29+,30+,35?/m0/s1. The van der Waals surface area contributed by atoms with Crippen molar-refractivity contribution in [2.45, 2.75) is 112 Å². The van der Waals surface area contributed by atoms with Gasteiger partial charge in [-0.3, -0.25) is 25.7 Å². The van der Waals surface area contributed by atoms with E-state index in [2.05, 4.69) is 31.9 Å². The van der Waals surface area contributed by atoms with Crippen LogP contribution in [-0.4, -0.2) is 231 Å². The Balaban J connectivity index is 5.32. The molecule has 0 bridgehead atoms. The minimum Gasteiger partial charge on any atom is -0.394 e. The highest BCUT2D eigenvalue weighted by molar-refractivity contribution is 5.84. The van der Waals surface area contributed by atoms with Crippen molar-refractivity contribution in [2.75, 3.05) is 85.8 Å². The molecule has 1 unspecified atom stereocenters. The fourth-order valence-electron chi connectivity index (χ4n) is 5.78. The second-order valence-electron chi connectivity index (χ2n) is 14.5. The maximum atomic E-state index is 13.3. The number of carbonyl (C=O) groups excluding carboxylic acids is 2. The van der Waals surface area contributed by atoms with E-state index in [0.29, 0.717) is 77.9 Å². The zero-order chi connectivity index (χ0) is 45.7. The molecule has 0 fully saturated rings. The van der Waals surface area contributed by atoms with Crippen molar-refractivity contribution in [1.29, 1.82) is 10.8 Å². The van der Waals surface area contributed by atoms with Gasteiger partial charge in [-0.2, -0.15) is 0 Å². The average molecular weight is 874 g/mol. The lowest BCUT2D eigenvalue weighted by molar-refractivity contribution is -0.147. The number of ether oxygens (including phenoxy) is 1. The molecule has 0 radical (unpaired) electrons. The molecule has 0 aliphatic rings. The molecule has 0 saturated carbocycles. The van der Waals surface area contributed by atoms with Gasteiger partial charge >= 0.3 is 0 Å². The van der Waals surface area contributed by atoms with Gasteiger partial charge in [-0.25, -0.2) is 0 Å². The summed E-state index contributed by atoms with van der Waals surface area (Å²) in [5, 5.41) is 140. The molecule has 0 aromatic rings. The van der Waals surface area contributed by atoms with Crippen LogP contribution in [0.15, 0.2) is 0 Å². The van der Waals surface area contributed by atoms with E-state index in [9.17, 15) is 55.5 Å². The Morgan fingerprint density at radius 1 is 0.650 bits per heavy atom. The lowest BCUT2D eigenvalue weighted by Gasteiger charge is -2.32. The molecule has 0 heterocycles. The summed E-state index contributed by atoms with van der Waals surface area (Å²) < 4.78 is 5.23. The number of hydrogen-bond acceptors (Lipinski definition) is 19. The number of aliphatic hydroxyl groups excluding tert-OH is 10. The number of nitrogens with two attached hydrogens (primary N) is 2. The van der Waals surface area contributed by atoms with Crippen molar-refractivity contribution in [1.82, 2.24) is 36.8 Å². The number of methoxy groups -OCH3 is 1. The Morgan fingerprint density at radius 3 is 1.62 bits per heavy atom. The van der Waals surface area contributed by atoms with Crippen LogP contribution in [0.5, 0.6) is 0 Å². The Labute approximate surface area is 350 Å². The molecule has 0 rings (SSSR count). The molecule has 0 aromatic heterocycles. The van der Waals surface area contributed by atoms with Gasteiger partial charge < -0.3 is 104 Å². The van der Waals surface area contributed by atoms with Crippen LogP contribution in [-0.2, 0) is 14.3 Å². The maximum Gasteiger partial charge on any atom is 0.267 e. The zero-order valence-corrected chi connectivity index (χ0v) is 34.6. The number of hydrogen-bond donors (Lipinski definition) is 21. The minimum absolute atomic E-state index is 0.118. The minimum atomic E-state index is -2.23. The summed E-state index contributed by atoms with van der Waals surface area (Å²) in [6, 6.07) is -0.818. The molecule has 0 spiro atoms. The fraction of sp³-hybridized carbons (Fsp3) is 0.886. The van der Waals surface area contributed by atoms with Gasteiger partial charge in [0, 0.05) is 52.9 Å². The van der Waals surface area contributed by atoms with E-state index in [1.807, 2.05) is 4.90 Å². The van der Waals surface area contributed by atoms with E-state index in [1.165, 1.54) is 0 Å². The van der Waals surface area contributed by atoms with Crippen molar-refractivity contribution < 1.29 is 70.5 Å². The average Bonchev–Trinajstić information content (AvgIpc) is 3.22. The summed E-state index contributed by atoms with van der Waals surface area (Å²) in [7, 11) is 1.54. The first-order valence-electron chi connectivity index (χ1n) is 20.1. The summed E-state index contributed by atoms with van der Waals surface area (Å²) in [6.45, 7) is 0.356. The molecule has 2 amide bonds. The van der Waals surface area contributed by atoms with Crippen LogP contribution in [0.2, 0.25) is 0 Å². The van der Waals surface area contributed by atoms with Crippen LogP contribution in [0.1, 0.15) is 51.4 Å². The number of aliphatic hydroxyl groups is 11. The maximum absolute atomic E-state index is 13.3. The van der Waals surface area contributed by atoms with Crippen molar-refractivity contribution in [3.8, 4) is 0 Å².